The molecule has 16 heavy (non-hydrogen) atoms. The Bertz CT molecular complexity index is 708. The molecule has 0 aliphatic rings. The number of rotatable bonds is 0. The van der Waals surface area contributed by atoms with Gasteiger partial charge < -0.3 is 4.42 Å². The fourth-order valence-corrected chi connectivity index (χ4v) is 2.27. The first kappa shape index (κ1) is 10.1. The lowest BCUT2D eigenvalue weighted by Crippen LogP contribution is -1.86. The molecule has 3 rings (SSSR count). The Kier molecular flexibility index (Phi) is 2.16. The Morgan fingerprint density at radius 3 is 2.94 bits per heavy atom. The molecule has 0 bridgehead atoms. The van der Waals surface area contributed by atoms with Gasteiger partial charge in [-0.05, 0) is 36.7 Å². The molecule has 0 unspecified atom stereocenters. The van der Waals surface area contributed by atoms with Crippen molar-refractivity contribution in [2.24, 2.45) is 0 Å². The number of aryl methyl sites for hydroxylation is 1. The first-order valence-corrected chi connectivity index (χ1v) is 5.84. The average Bonchev–Trinajstić information content (AvgIpc) is 2.56. The minimum Gasteiger partial charge on any atom is -0.452 e. The van der Waals surface area contributed by atoms with E-state index in [1.165, 1.54) is 0 Å². The molecule has 0 fully saturated rings. The van der Waals surface area contributed by atoms with Gasteiger partial charge in [-0.15, -0.1) is 0 Å². The zero-order chi connectivity index (χ0) is 11.3. The van der Waals surface area contributed by atoms with E-state index in [-0.39, 0.29) is 5.28 Å². The second-order valence-corrected chi connectivity index (χ2v) is 4.75. The summed E-state index contributed by atoms with van der Waals surface area (Å²) in [5.41, 5.74) is 2.99. The van der Waals surface area contributed by atoms with Crippen LogP contribution < -0.4 is 0 Å². The van der Waals surface area contributed by atoms with E-state index < -0.39 is 0 Å². The van der Waals surface area contributed by atoms with Gasteiger partial charge in [0.15, 0.2) is 5.58 Å². The number of aromatic nitrogens is 2. The van der Waals surface area contributed by atoms with Gasteiger partial charge >= 0.3 is 0 Å². The maximum absolute atomic E-state index is 5.84. The topological polar surface area (TPSA) is 38.9 Å². The maximum Gasteiger partial charge on any atom is 0.223 e. The van der Waals surface area contributed by atoms with E-state index >= 15 is 0 Å². The van der Waals surface area contributed by atoms with Crippen molar-refractivity contribution < 1.29 is 4.42 Å². The van der Waals surface area contributed by atoms with E-state index in [2.05, 4.69) is 25.9 Å². The minimum absolute atomic E-state index is 0.246. The molecule has 0 saturated heterocycles. The first-order valence-electron chi connectivity index (χ1n) is 4.67. The standard InChI is InChI=1S/C11H6BrClN2O/c1-5-10-9(15-11(13)14-5)7-3-2-6(12)4-8(7)16-10/h2-4H,1H3. The predicted octanol–water partition coefficient (Wildman–Crippen LogP) is 4.10. The SMILES string of the molecule is Cc1nc(Cl)nc2c1oc1cc(Br)ccc12. The number of furan rings is 1. The smallest absolute Gasteiger partial charge is 0.223 e. The molecular weight excluding hydrogens is 291 g/mol. The zero-order valence-electron chi connectivity index (χ0n) is 8.29. The highest BCUT2D eigenvalue weighted by molar-refractivity contribution is 9.10. The van der Waals surface area contributed by atoms with Crippen LogP contribution in [0, 0.1) is 6.92 Å². The van der Waals surface area contributed by atoms with Crippen LogP contribution in [-0.4, -0.2) is 9.97 Å². The van der Waals surface area contributed by atoms with Crippen LogP contribution >= 0.6 is 27.5 Å². The van der Waals surface area contributed by atoms with Crippen molar-refractivity contribution in [3.05, 3.63) is 33.6 Å². The molecule has 80 valence electrons. The Hall–Kier alpha value is -1.13. The molecule has 0 amide bonds. The lowest BCUT2D eigenvalue weighted by molar-refractivity contribution is 0.661. The highest BCUT2D eigenvalue weighted by Crippen LogP contribution is 2.31. The van der Waals surface area contributed by atoms with Gasteiger partial charge in [-0.25, -0.2) is 9.97 Å². The first-order chi connectivity index (χ1) is 7.65. The summed E-state index contributed by atoms with van der Waals surface area (Å²) in [5, 5.41) is 1.20. The maximum atomic E-state index is 5.84. The van der Waals surface area contributed by atoms with Crippen LogP contribution in [0.4, 0.5) is 0 Å². The molecule has 0 radical (unpaired) electrons. The van der Waals surface area contributed by atoms with Crippen LogP contribution in [0.1, 0.15) is 5.69 Å². The van der Waals surface area contributed by atoms with Gasteiger partial charge in [0, 0.05) is 9.86 Å². The van der Waals surface area contributed by atoms with Crippen LogP contribution in [0.25, 0.3) is 22.1 Å². The van der Waals surface area contributed by atoms with E-state index in [4.69, 9.17) is 16.0 Å². The second-order valence-electron chi connectivity index (χ2n) is 3.50. The summed E-state index contributed by atoms with van der Waals surface area (Å²) in [7, 11) is 0. The number of hydrogen-bond acceptors (Lipinski definition) is 3. The summed E-state index contributed by atoms with van der Waals surface area (Å²) in [6.45, 7) is 1.85. The number of nitrogens with zero attached hydrogens (tertiary/aromatic N) is 2. The van der Waals surface area contributed by atoms with Crippen LogP contribution in [0.15, 0.2) is 27.1 Å². The molecule has 0 aliphatic carbocycles. The van der Waals surface area contributed by atoms with Gasteiger partial charge in [0.25, 0.3) is 0 Å². The van der Waals surface area contributed by atoms with Crippen LogP contribution in [0.2, 0.25) is 5.28 Å². The van der Waals surface area contributed by atoms with E-state index in [9.17, 15) is 0 Å². The van der Waals surface area contributed by atoms with Gasteiger partial charge in [-0.3, -0.25) is 0 Å². The predicted molar refractivity (Wildman–Crippen MR) is 66.8 cm³/mol. The molecule has 3 nitrogen and oxygen atoms in total. The third-order valence-corrected chi connectivity index (χ3v) is 3.08. The number of hydrogen-bond donors (Lipinski definition) is 0. The highest BCUT2D eigenvalue weighted by atomic mass is 79.9. The Morgan fingerprint density at radius 1 is 1.31 bits per heavy atom. The number of halogens is 2. The van der Waals surface area contributed by atoms with Crippen molar-refractivity contribution in [3.63, 3.8) is 0 Å². The van der Waals surface area contributed by atoms with E-state index in [1.54, 1.807) is 0 Å². The van der Waals surface area contributed by atoms with Gasteiger partial charge in [0.2, 0.25) is 5.28 Å². The molecule has 1 aromatic carbocycles. The summed E-state index contributed by atoms with van der Waals surface area (Å²) < 4.78 is 6.67. The largest absolute Gasteiger partial charge is 0.452 e. The van der Waals surface area contributed by atoms with Crippen molar-refractivity contribution in [3.8, 4) is 0 Å². The molecule has 0 N–H and O–H groups in total. The molecule has 2 heterocycles. The molecule has 0 spiro atoms. The quantitative estimate of drug-likeness (QED) is 0.586. The zero-order valence-corrected chi connectivity index (χ0v) is 10.6. The lowest BCUT2D eigenvalue weighted by atomic mass is 10.2. The van der Waals surface area contributed by atoms with Gasteiger partial charge in [0.1, 0.15) is 11.1 Å². The van der Waals surface area contributed by atoms with Gasteiger partial charge in [-0.1, -0.05) is 15.9 Å². The highest BCUT2D eigenvalue weighted by Gasteiger charge is 2.12. The fraction of sp³-hybridized carbons (Fsp3) is 0.0909. The van der Waals surface area contributed by atoms with Crippen molar-refractivity contribution in [1.82, 2.24) is 9.97 Å². The van der Waals surface area contributed by atoms with Crippen molar-refractivity contribution >= 4 is 49.6 Å². The Balaban J connectivity index is 2.55. The molecule has 5 heteroatoms. The average molecular weight is 298 g/mol. The molecule has 0 aliphatic heterocycles. The summed E-state index contributed by atoms with van der Waals surface area (Å²) in [5.74, 6) is 0. The molecule has 3 aromatic rings. The van der Waals surface area contributed by atoms with E-state index in [1.807, 2.05) is 25.1 Å². The third kappa shape index (κ3) is 1.41. The molecule has 0 saturated carbocycles. The monoisotopic (exact) mass is 296 g/mol. The normalized spacial score (nSPS) is 11.4. The van der Waals surface area contributed by atoms with Crippen LogP contribution in [0.5, 0.6) is 0 Å². The minimum atomic E-state index is 0.246. The van der Waals surface area contributed by atoms with E-state index in [0.29, 0.717) is 5.58 Å². The van der Waals surface area contributed by atoms with Crippen molar-refractivity contribution in [2.75, 3.05) is 0 Å². The molecule has 0 atom stereocenters. The lowest BCUT2D eigenvalue weighted by Gasteiger charge is -1.93. The Labute approximate surface area is 105 Å². The van der Waals surface area contributed by atoms with Crippen LogP contribution in [-0.2, 0) is 0 Å². The second kappa shape index (κ2) is 3.43. The number of fused-ring (bicyclic) bond motifs is 3. The summed E-state index contributed by atoms with van der Waals surface area (Å²) in [6, 6.07) is 5.81. The summed E-state index contributed by atoms with van der Waals surface area (Å²) in [6.07, 6.45) is 0. The summed E-state index contributed by atoms with van der Waals surface area (Å²) in [4.78, 5) is 8.27. The van der Waals surface area contributed by atoms with Crippen LogP contribution in [0.3, 0.4) is 0 Å². The van der Waals surface area contributed by atoms with Gasteiger partial charge in [-0.2, -0.15) is 0 Å². The number of benzene rings is 1. The summed E-state index contributed by atoms with van der Waals surface area (Å²) >= 11 is 9.24. The molecule has 2 aromatic heterocycles. The molecular formula is C11H6BrClN2O. The van der Waals surface area contributed by atoms with Gasteiger partial charge in [0.05, 0.1) is 5.69 Å². The van der Waals surface area contributed by atoms with Crippen molar-refractivity contribution in [1.29, 1.82) is 0 Å². The van der Waals surface area contributed by atoms with Crippen molar-refractivity contribution in [2.45, 2.75) is 6.92 Å². The van der Waals surface area contributed by atoms with E-state index in [0.717, 1.165) is 26.7 Å². The Morgan fingerprint density at radius 2 is 2.12 bits per heavy atom. The fourth-order valence-electron chi connectivity index (χ4n) is 1.72. The third-order valence-electron chi connectivity index (χ3n) is 2.42.